The largest absolute Gasteiger partial charge is 0.489 e. The van der Waals surface area contributed by atoms with Crippen molar-refractivity contribution in [3.05, 3.63) is 105 Å². The van der Waals surface area contributed by atoms with Crippen molar-refractivity contribution in [2.24, 2.45) is 0 Å². The monoisotopic (exact) mass is 900 g/mol. The number of nitrogens with zero attached hydrogens (tertiary/aromatic N) is 10. The Balaban J connectivity index is 0.000000166. The van der Waals surface area contributed by atoms with Crippen LogP contribution in [0, 0.1) is 13.8 Å². The summed E-state index contributed by atoms with van der Waals surface area (Å²) in [5.74, 6) is 3.05. The van der Waals surface area contributed by atoms with Crippen LogP contribution in [0.3, 0.4) is 0 Å². The first-order chi connectivity index (χ1) is 32.3. The van der Waals surface area contributed by atoms with Gasteiger partial charge in [0.25, 0.3) is 11.1 Å². The number of rotatable bonds is 12. The highest BCUT2D eigenvalue weighted by atomic mass is 16.5. The Bertz CT molecular complexity index is 2530. The Hall–Kier alpha value is -6.08. The molecule has 0 aromatic carbocycles. The van der Waals surface area contributed by atoms with Gasteiger partial charge in [0, 0.05) is 88.7 Å². The highest BCUT2D eigenvalue weighted by Crippen LogP contribution is 2.30. The van der Waals surface area contributed by atoms with E-state index in [1.807, 2.05) is 38.1 Å². The molecule has 2 fully saturated rings. The van der Waals surface area contributed by atoms with Gasteiger partial charge in [0.05, 0.1) is 73.6 Å². The van der Waals surface area contributed by atoms with Crippen molar-refractivity contribution in [3.8, 4) is 23.0 Å². The Kier molecular flexibility index (Phi) is 14.7. The van der Waals surface area contributed by atoms with E-state index in [1.54, 1.807) is 33.9 Å². The van der Waals surface area contributed by atoms with Crippen LogP contribution in [0.4, 0.5) is 0 Å². The van der Waals surface area contributed by atoms with Crippen LogP contribution in [0.5, 0.6) is 23.0 Å². The average Bonchev–Trinajstić information content (AvgIpc) is 3.73. The second kappa shape index (κ2) is 21.5. The fourth-order valence-electron chi connectivity index (χ4n) is 8.87. The molecule has 18 nitrogen and oxygen atoms in total. The smallest absolute Gasteiger partial charge is 0.269 e. The minimum Gasteiger partial charge on any atom is -0.489 e. The van der Waals surface area contributed by atoms with E-state index >= 15 is 0 Å². The number of pyridine rings is 4. The molecule has 66 heavy (non-hydrogen) atoms. The van der Waals surface area contributed by atoms with Crippen LogP contribution < -0.4 is 40.7 Å². The van der Waals surface area contributed by atoms with E-state index in [9.17, 15) is 9.59 Å². The van der Waals surface area contributed by atoms with Gasteiger partial charge in [-0.3, -0.25) is 19.6 Å². The molecule has 0 spiro atoms. The quantitative estimate of drug-likeness (QED) is 0.180. The third-order valence-electron chi connectivity index (χ3n) is 12.7. The zero-order chi connectivity index (χ0) is 45.2. The van der Waals surface area contributed by atoms with Crippen molar-refractivity contribution >= 4 is 22.3 Å². The zero-order valence-electron chi connectivity index (χ0n) is 38.0. The van der Waals surface area contributed by atoms with Gasteiger partial charge >= 0.3 is 0 Å². The maximum atomic E-state index is 12.4. The van der Waals surface area contributed by atoms with Crippen molar-refractivity contribution in [1.29, 1.82) is 0 Å². The number of piperidine rings is 2. The molecule has 0 unspecified atom stereocenters. The van der Waals surface area contributed by atoms with E-state index in [0.717, 1.165) is 134 Å². The molecule has 0 atom stereocenters. The molecule has 0 aliphatic carbocycles. The van der Waals surface area contributed by atoms with Crippen LogP contribution >= 0.6 is 0 Å². The summed E-state index contributed by atoms with van der Waals surface area (Å²) >= 11 is 0. The minimum atomic E-state index is -0.0749. The molecule has 6 aromatic rings. The van der Waals surface area contributed by atoms with Gasteiger partial charge in [-0.1, -0.05) is 0 Å². The molecule has 2 N–H and O–H groups in total. The van der Waals surface area contributed by atoms with Crippen LogP contribution in [-0.2, 0) is 26.2 Å². The number of aryl methyl sites for hydroxylation is 2. The molecule has 18 heteroatoms. The van der Waals surface area contributed by atoms with E-state index in [4.69, 9.17) is 18.9 Å². The summed E-state index contributed by atoms with van der Waals surface area (Å²) in [6.45, 7) is 15.1. The highest BCUT2D eigenvalue weighted by Gasteiger charge is 2.22. The lowest BCUT2D eigenvalue weighted by Crippen LogP contribution is -2.43. The third-order valence-corrected chi connectivity index (χ3v) is 12.7. The number of likely N-dealkylation sites (tertiary alicyclic amines) is 2. The van der Waals surface area contributed by atoms with Gasteiger partial charge in [0.15, 0.2) is 34.3 Å². The summed E-state index contributed by atoms with van der Waals surface area (Å²) in [6.07, 6.45) is 15.9. The predicted molar refractivity (Wildman–Crippen MR) is 249 cm³/mol. The molecule has 0 amide bonds. The standard InChI is InChI=1S/2C24H30N6O3/c2*1-17-11-20-24(27-13-17)28-16-23(31)30(20)8-7-29-5-3-18(4-6-29)25-14-19-12-21-22(15-26-19)33-10-2-9-32-21/h2*11-13,15-16,18,25H,2-10,14H2,1H3. The zero-order valence-corrected chi connectivity index (χ0v) is 38.0. The highest BCUT2D eigenvalue weighted by molar-refractivity contribution is 5.71. The Morgan fingerprint density at radius 1 is 0.500 bits per heavy atom. The van der Waals surface area contributed by atoms with Crippen molar-refractivity contribution in [3.63, 3.8) is 0 Å². The molecule has 2 saturated heterocycles. The van der Waals surface area contributed by atoms with E-state index in [1.165, 1.54) is 12.4 Å². The molecule has 0 saturated carbocycles. The maximum absolute atomic E-state index is 12.4. The van der Waals surface area contributed by atoms with Crippen LogP contribution in [0.25, 0.3) is 22.3 Å². The molecule has 348 valence electrons. The van der Waals surface area contributed by atoms with Crippen LogP contribution in [0.2, 0.25) is 0 Å². The number of hydrogen-bond donors (Lipinski definition) is 2. The average molecular weight is 901 g/mol. The maximum Gasteiger partial charge on any atom is 0.269 e. The molecule has 4 aliphatic heterocycles. The SMILES string of the molecule is Cc1cnc2ncc(=O)n(CCN3CCC(NCc4cc5c(cn4)OCCCO5)CC3)c2c1.Cc1cnc2ncc(=O)n(CCN3CCC(NCc4cc5c(cn4)OCCCO5)CC3)c2c1. The number of ether oxygens (including phenoxy) is 4. The Labute approximate surface area is 383 Å². The van der Waals surface area contributed by atoms with Crippen LogP contribution in [0.15, 0.2) is 71.0 Å². The lowest BCUT2D eigenvalue weighted by atomic mass is 10.0. The van der Waals surface area contributed by atoms with Gasteiger partial charge in [-0.15, -0.1) is 0 Å². The fraction of sp³-hybridized carbons (Fsp3) is 0.500. The second-order valence-electron chi connectivity index (χ2n) is 17.5. The summed E-state index contributed by atoms with van der Waals surface area (Å²) in [5, 5.41) is 7.27. The van der Waals surface area contributed by atoms with Gasteiger partial charge in [-0.05, 0) is 89.0 Å². The van der Waals surface area contributed by atoms with Gasteiger partial charge < -0.3 is 48.5 Å². The predicted octanol–water partition coefficient (Wildman–Crippen LogP) is 3.82. The lowest BCUT2D eigenvalue weighted by Gasteiger charge is -2.32. The van der Waals surface area contributed by atoms with E-state index in [-0.39, 0.29) is 11.1 Å². The Morgan fingerprint density at radius 2 is 0.894 bits per heavy atom. The summed E-state index contributed by atoms with van der Waals surface area (Å²) < 4.78 is 26.4. The molecule has 10 rings (SSSR count). The minimum absolute atomic E-state index is 0.0749. The van der Waals surface area contributed by atoms with E-state index in [0.29, 0.717) is 76.0 Å². The van der Waals surface area contributed by atoms with Crippen molar-refractivity contribution < 1.29 is 18.9 Å². The van der Waals surface area contributed by atoms with Gasteiger partial charge in [-0.25, -0.2) is 19.9 Å². The molecule has 0 bridgehead atoms. The van der Waals surface area contributed by atoms with Crippen LogP contribution in [-0.4, -0.2) is 127 Å². The van der Waals surface area contributed by atoms with Gasteiger partial charge in [0.1, 0.15) is 0 Å². The summed E-state index contributed by atoms with van der Waals surface area (Å²) in [6, 6.07) is 8.85. The summed E-state index contributed by atoms with van der Waals surface area (Å²) in [7, 11) is 0. The van der Waals surface area contributed by atoms with Gasteiger partial charge in [-0.2, -0.15) is 0 Å². The van der Waals surface area contributed by atoms with Crippen molar-refractivity contribution in [1.82, 2.24) is 59.5 Å². The van der Waals surface area contributed by atoms with Crippen molar-refractivity contribution in [2.75, 3.05) is 65.7 Å². The van der Waals surface area contributed by atoms with E-state index in [2.05, 4.69) is 50.3 Å². The lowest BCUT2D eigenvalue weighted by molar-refractivity contribution is 0.191. The van der Waals surface area contributed by atoms with Crippen LogP contribution in [0.1, 0.15) is 61.0 Å². The molecular weight excluding hydrogens is 841 g/mol. The summed E-state index contributed by atoms with van der Waals surface area (Å²) in [5.41, 5.74) is 6.69. The normalized spacial score (nSPS) is 17.2. The first-order valence-electron chi connectivity index (χ1n) is 23.4. The second-order valence-corrected chi connectivity index (χ2v) is 17.5. The molecular formula is C48H60N12O6. The van der Waals surface area contributed by atoms with E-state index < -0.39 is 0 Å². The van der Waals surface area contributed by atoms with Crippen molar-refractivity contribution in [2.45, 2.75) is 90.6 Å². The molecule has 10 heterocycles. The number of hydrogen-bond acceptors (Lipinski definition) is 16. The number of nitrogens with one attached hydrogen (secondary N) is 2. The first-order valence-corrected chi connectivity index (χ1v) is 23.4. The Morgan fingerprint density at radius 3 is 1.32 bits per heavy atom. The molecule has 0 radical (unpaired) electrons. The molecule has 6 aromatic heterocycles. The van der Waals surface area contributed by atoms with Gasteiger partial charge in [0.2, 0.25) is 0 Å². The molecule has 4 aliphatic rings. The third kappa shape index (κ3) is 11.5. The first kappa shape index (κ1) is 45.1. The number of fused-ring (bicyclic) bond motifs is 4. The number of aromatic nitrogens is 8. The topological polar surface area (TPSA) is 189 Å². The fourth-order valence-corrected chi connectivity index (χ4v) is 8.87. The summed E-state index contributed by atoms with van der Waals surface area (Å²) in [4.78, 5) is 55.8.